The van der Waals surface area contributed by atoms with Gasteiger partial charge in [0.25, 0.3) is 5.91 Å². The van der Waals surface area contributed by atoms with E-state index in [1.165, 1.54) is 4.90 Å². The molecule has 1 N–H and O–H groups in total. The molecule has 1 aromatic rings. The van der Waals surface area contributed by atoms with Crippen molar-refractivity contribution in [3.05, 3.63) is 33.8 Å². The van der Waals surface area contributed by atoms with Crippen molar-refractivity contribution in [2.45, 2.75) is 51.1 Å². The van der Waals surface area contributed by atoms with Gasteiger partial charge in [0.15, 0.2) is 0 Å². The van der Waals surface area contributed by atoms with E-state index in [0.717, 1.165) is 29.7 Å². The molecule has 6 nitrogen and oxygen atoms in total. The lowest BCUT2D eigenvalue weighted by molar-refractivity contribution is -0.139. The van der Waals surface area contributed by atoms with E-state index in [9.17, 15) is 14.4 Å². The third kappa shape index (κ3) is 4.13. The summed E-state index contributed by atoms with van der Waals surface area (Å²) < 4.78 is 0. The first kappa shape index (κ1) is 20.9. The van der Waals surface area contributed by atoms with E-state index < -0.39 is 11.6 Å². The van der Waals surface area contributed by atoms with Gasteiger partial charge in [0.2, 0.25) is 5.91 Å². The number of carbonyl (C=O) groups is 3. The largest absolute Gasteiger partial charge is 0.340 e. The standard InChI is InChI=1S/C20H25Cl2N3O3/c1-3-13-6-8-20(9-7-13)18(27)25(19(28)23-20)12-17(26)24(2)11-14-4-5-15(21)16(22)10-14/h4-5,10,13H,3,6-9,11-12H2,1-2H3,(H,23,28). The average molecular weight is 426 g/mol. The molecule has 1 heterocycles. The Labute approximate surface area is 175 Å². The highest BCUT2D eigenvalue weighted by Crippen LogP contribution is 2.37. The summed E-state index contributed by atoms with van der Waals surface area (Å²) >= 11 is 11.9. The van der Waals surface area contributed by atoms with E-state index in [2.05, 4.69) is 12.2 Å². The number of benzene rings is 1. The number of halogens is 2. The molecule has 1 aliphatic carbocycles. The lowest BCUT2D eigenvalue weighted by Gasteiger charge is -2.34. The maximum atomic E-state index is 12.9. The summed E-state index contributed by atoms with van der Waals surface area (Å²) in [5.41, 5.74) is -0.0116. The van der Waals surface area contributed by atoms with E-state index in [-0.39, 0.29) is 18.4 Å². The van der Waals surface area contributed by atoms with E-state index in [0.29, 0.717) is 35.3 Å². The monoisotopic (exact) mass is 425 g/mol. The number of rotatable bonds is 5. The van der Waals surface area contributed by atoms with Crippen molar-refractivity contribution >= 4 is 41.0 Å². The van der Waals surface area contributed by atoms with Crippen molar-refractivity contribution in [2.24, 2.45) is 5.92 Å². The molecule has 1 aromatic carbocycles. The minimum Gasteiger partial charge on any atom is -0.340 e. The third-order valence-electron chi connectivity index (χ3n) is 5.90. The zero-order chi connectivity index (χ0) is 20.5. The predicted octanol–water partition coefficient (Wildman–Crippen LogP) is 3.84. The molecule has 2 fully saturated rings. The fourth-order valence-corrected chi connectivity index (χ4v) is 4.31. The quantitative estimate of drug-likeness (QED) is 0.728. The molecular weight excluding hydrogens is 401 g/mol. The smallest absolute Gasteiger partial charge is 0.325 e. The first-order valence-electron chi connectivity index (χ1n) is 9.57. The van der Waals surface area contributed by atoms with Gasteiger partial charge in [0.05, 0.1) is 10.0 Å². The van der Waals surface area contributed by atoms with Crippen LogP contribution in [0.15, 0.2) is 18.2 Å². The average Bonchev–Trinajstić information content (AvgIpc) is 2.89. The van der Waals surface area contributed by atoms with Gasteiger partial charge in [-0.25, -0.2) is 4.79 Å². The summed E-state index contributed by atoms with van der Waals surface area (Å²) in [5.74, 6) is 0.0144. The Bertz CT molecular complexity index is 791. The molecule has 8 heteroatoms. The van der Waals surface area contributed by atoms with Crippen LogP contribution in [0.5, 0.6) is 0 Å². The number of urea groups is 1. The highest BCUT2D eigenvalue weighted by molar-refractivity contribution is 6.42. The Morgan fingerprint density at radius 1 is 1.25 bits per heavy atom. The summed E-state index contributed by atoms with van der Waals surface area (Å²) in [6.07, 6.45) is 4.20. The second kappa shape index (κ2) is 8.29. The van der Waals surface area contributed by atoms with E-state index in [1.54, 1.807) is 25.2 Å². The number of hydrogen-bond acceptors (Lipinski definition) is 3. The summed E-state index contributed by atoms with van der Waals surface area (Å²) in [6.45, 7) is 2.19. The molecule has 152 valence electrons. The van der Waals surface area contributed by atoms with Crippen molar-refractivity contribution in [1.82, 2.24) is 15.1 Å². The van der Waals surface area contributed by atoms with E-state index >= 15 is 0 Å². The molecule has 1 saturated carbocycles. The van der Waals surface area contributed by atoms with Gasteiger partial charge in [-0.1, -0.05) is 42.6 Å². The van der Waals surface area contributed by atoms with Gasteiger partial charge in [0.1, 0.15) is 12.1 Å². The molecule has 28 heavy (non-hydrogen) atoms. The zero-order valence-electron chi connectivity index (χ0n) is 16.1. The van der Waals surface area contributed by atoms with Crippen LogP contribution in [0.25, 0.3) is 0 Å². The van der Waals surface area contributed by atoms with Crippen LogP contribution in [0, 0.1) is 5.92 Å². The van der Waals surface area contributed by atoms with Crippen LogP contribution in [0.2, 0.25) is 10.0 Å². The molecule has 0 aromatic heterocycles. The molecule has 1 spiro atoms. The fourth-order valence-electron chi connectivity index (χ4n) is 3.99. The third-order valence-corrected chi connectivity index (χ3v) is 6.64. The number of imide groups is 1. The summed E-state index contributed by atoms with van der Waals surface area (Å²) in [4.78, 5) is 40.5. The van der Waals surface area contributed by atoms with Gasteiger partial charge in [0, 0.05) is 13.6 Å². The van der Waals surface area contributed by atoms with Crippen molar-refractivity contribution in [3.63, 3.8) is 0 Å². The molecule has 0 unspecified atom stereocenters. The maximum absolute atomic E-state index is 12.9. The normalized spacial score (nSPS) is 24.6. The first-order valence-corrected chi connectivity index (χ1v) is 10.3. The molecule has 4 amide bonds. The second-order valence-electron chi connectivity index (χ2n) is 7.75. The van der Waals surface area contributed by atoms with Crippen LogP contribution in [-0.2, 0) is 16.1 Å². The van der Waals surface area contributed by atoms with Crippen molar-refractivity contribution in [1.29, 1.82) is 0 Å². The second-order valence-corrected chi connectivity index (χ2v) is 8.57. The SMILES string of the molecule is CCC1CCC2(CC1)NC(=O)N(CC(=O)N(C)Cc1ccc(Cl)c(Cl)c1)C2=O. The number of carbonyl (C=O) groups excluding carboxylic acids is 3. The minimum absolute atomic E-state index is 0.262. The van der Waals surface area contributed by atoms with Crippen LogP contribution < -0.4 is 5.32 Å². The zero-order valence-corrected chi connectivity index (χ0v) is 17.6. The van der Waals surface area contributed by atoms with Gasteiger partial charge < -0.3 is 10.2 Å². The molecule has 0 bridgehead atoms. The maximum Gasteiger partial charge on any atom is 0.325 e. The van der Waals surface area contributed by atoms with Crippen molar-refractivity contribution in [2.75, 3.05) is 13.6 Å². The van der Waals surface area contributed by atoms with Crippen LogP contribution in [0.1, 0.15) is 44.6 Å². The van der Waals surface area contributed by atoms with Gasteiger partial charge in [-0.15, -0.1) is 0 Å². The van der Waals surface area contributed by atoms with E-state index in [1.807, 2.05) is 0 Å². The predicted molar refractivity (Wildman–Crippen MR) is 108 cm³/mol. The van der Waals surface area contributed by atoms with Gasteiger partial charge in [-0.05, 0) is 49.3 Å². The Morgan fingerprint density at radius 3 is 2.54 bits per heavy atom. The lowest BCUT2D eigenvalue weighted by Crippen LogP contribution is -2.50. The highest BCUT2D eigenvalue weighted by Gasteiger charge is 2.52. The van der Waals surface area contributed by atoms with Crippen LogP contribution >= 0.6 is 23.2 Å². The van der Waals surface area contributed by atoms with Gasteiger partial charge in [-0.2, -0.15) is 0 Å². The summed E-state index contributed by atoms with van der Waals surface area (Å²) in [7, 11) is 1.63. The molecule has 1 aliphatic heterocycles. The molecule has 0 radical (unpaired) electrons. The highest BCUT2D eigenvalue weighted by atomic mass is 35.5. The fraction of sp³-hybridized carbons (Fsp3) is 0.550. The van der Waals surface area contributed by atoms with Gasteiger partial charge >= 0.3 is 6.03 Å². The van der Waals surface area contributed by atoms with Crippen molar-refractivity contribution < 1.29 is 14.4 Å². The van der Waals surface area contributed by atoms with Crippen LogP contribution in [0.3, 0.4) is 0 Å². The molecule has 0 atom stereocenters. The number of nitrogens with zero attached hydrogens (tertiary/aromatic N) is 2. The molecule has 3 rings (SSSR count). The topological polar surface area (TPSA) is 69.7 Å². The number of nitrogens with one attached hydrogen (secondary N) is 1. The molecule has 1 saturated heterocycles. The number of hydrogen-bond donors (Lipinski definition) is 1. The lowest BCUT2D eigenvalue weighted by atomic mass is 9.75. The molecule has 2 aliphatic rings. The Kier molecular flexibility index (Phi) is 6.20. The summed E-state index contributed by atoms with van der Waals surface area (Å²) in [6, 6.07) is 4.68. The van der Waals surface area contributed by atoms with Crippen LogP contribution in [-0.4, -0.2) is 46.8 Å². The minimum atomic E-state index is -0.828. The first-order chi connectivity index (χ1) is 13.3. The Hall–Kier alpha value is -1.79. The van der Waals surface area contributed by atoms with Crippen LogP contribution in [0.4, 0.5) is 4.79 Å². The summed E-state index contributed by atoms with van der Waals surface area (Å²) in [5, 5.41) is 3.72. The Balaban J connectivity index is 1.62. The van der Waals surface area contributed by atoms with E-state index in [4.69, 9.17) is 23.2 Å². The number of likely N-dealkylation sites (N-methyl/N-ethyl adjacent to an activating group) is 1. The molecular formula is C20H25Cl2N3O3. The van der Waals surface area contributed by atoms with Crippen molar-refractivity contribution in [3.8, 4) is 0 Å². The van der Waals surface area contributed by atoms with Gasteiger partial charge in [-0.3, -0.25) is 14.5 Å². The Morgan fingerprint density at radius 2 is 1.93 bits per heavy atom. The number of amides is 4.